The van der Waals surface area contributed by atoms with Crippen LogP contribution in [0.5, 0.6) is 0 Å². The van der Waals surface area contributed by atoms with E-state index in [9.17, 15) is 9.18 Å². The highest BCUT2D eigenvalue weighted by molar-refractivity contribution is 5.82. The minimum absolute atomic E-state index is 0.0220. The summed E-state index contributed by atoms with van der Waals surface area (Å²) in [5.74, 6) is -0.0313. The third-order valence-corrected chi connectivity index (χ3v) is 4.50. The van der Waals surface area contributed by atoms with E-state index < -0.39 is 0 Å². The second-order valence-corrected chi connectivity index (χ2v) is 5.61. The lowest BCUT2D eigenvalue weighted by atomic mass is 9.89. The van der Waals surface area contributed by atoms with Gasteiger partial charge in [0.1, 0.15) is 5.82 Å². The summed E-state index contributed by atoms with van der Waals surface area (Å²) in [6.45, 7) is 2.02. The van der Waals surface area contributed by atoms with Crippen LogP contribution in [0.1, 0.15) is 24.4 Å². The van der Waals surface area contributed by atoms with E-state index in [1.165, 1.54) is 6.07 Å². The lowest BCUT2D eigenvalue weighted by Gasteiger charge is -2.41. The molecule has 2 heterocycles. The number of piperidine rings is 1. The normalized spacial score (nSPS) is 28.0. The molecule has 2 fully saturated rings. The average molecular weight is 277 g/mol. The van der Waals surface area contributed by atoms with Crippen LogP contribution in [0.3, 0.4) is 0 Å². The van der Waals surface area contributed by atoms with Crippen molar-refractivity contribution in [1.82, 2.24) is 10.2 Å². The molecule has 0 saturated carbocycles. The molecule has 0 aliphatic carbocycles. The van der Waals surface area contributed by atoms with Crippen molar-refractivity contribution in [3.63, 3.8) is 0 Å². The Balaban J connectivity index is 1.87. The molecule has 5 heteroatoms. The van der Waals surface area contributed by atoms with Gasteiger partial charge in [-0.05, 0) is 37.1 Å². The fourth-order valence-corrected chi connectivity index (χ4v) is 3.55. The molecule has 0 spiro atoms. The van der Waals surface area contributed by atoms with Crippen LogP contribution in [0.15, 0.2) is 24.3 Å². The Hall–Kier alpha value is -1.46. The van der Waals surface area contributed by atoms with E-state index >= 15 is 0 Å². The van der Waals surface area contributed by atoms with E-state index in [1.807, 2.05) is 6.07 Å². The Morgan fingerprint density at radius 2 is 2.35 bits per heavy atom. The van der Waals surface area contributed by atoms with E-state index in [2.05, 4.69) is 10.2 Å². The van der Waals surface area contributed by atoms with Crippen LogP contribution in [0.2, 0.25) is 0 Å². The van der Waals surface area contributed by atoms with Gasteiger partial charge in [-0.25, -0.2) is 4.39 Å². The first-order valence-corrected chi connectivity index (χ1v) is 7.19. The number of amides is 1. The van der Waals surface area contributed by atoms with Gasteiger partial charge in [-0.15, -0.1) is 0 Å². The lowest BCUT2D eigenvalue weighted by molar-refractivity contribution is -0.124. The van der Waals surface area contributed by atoms with Gasteiger partial charge in [-0.3, -0.25) is 9.69 Å². The molecule has 1 amide bonds. The molecule has 0 radical (unpaired) electrons. The fourth-order valence-electron chi connectivity index (χ4n) is 3.55. The molecule has 1 aromatic carbocycles. The largest absolute Gasteiger partial charge is 0.354 e. The van der Waals surface area contributed by atoms with Crippen LogP contribution in [-0.4, -0.2) is 36.5 Å². The van der Waals surface area contributed by atoms with Crippen molar-refractivity contribution < 1.29 is 9.18 Å². The molecule has 1 aromatic rings. The molecule has 3 N–H and O–H groups in total. The summed E-state index contributed by atoms with van der Waals surface area (Å²) in [6.07, 6.45) is 1.92. The minimum Gasteiger partial charge on any atom is -0.354 e. The first kappa shape index (κ1) is 13.5. The number of hydrogen-bond acceptors (Lipinski definition) is 3. The van der Waals surface area contributed by atoms with E-state index in [0.717, 1.165) is 24.9 Å². The lowest BCUT2D eigenvalue weighted by Crippen LogP contribution is -2.49. The predicted octanol–water partition coefficient (Wildman–Crippen LogP) is 1.04. The maximum absolute atomic E-state index is 13.4. The summed E-state index contributed by atoms with van der Waals surface area (Å²) in [4.78, 5) is 14.1. The molecular weight excluding hydrogens is 257 g/mol. The Labute approximate surface area is 118 Å². The summed E-state index contributed by atoms with van der Waals surface area (Å²) in [6, 6.07) is 6.78. The SMILES string of the molecule is NCC(c1cccc(F)c1)N1CCCC2C(=O)NCC21. The first-order chi connectivity index (χ1) is 9.70. The number of benzene rings is 1. The number of halogens is 1. The topological polar surface area (TPSA) is 58.4 Å². The quantitative estimate of drug-likeness (QED) is 0.868. The Bertz CT molecular complexity index is 508. The number of rotatable bonds is 3. The third kappa shape index (κ3) is 2.31. The van der Waals surface area contributed by atoms with Crippen molar-refractivity contribution in [3.05, 3.63) is 35.6 Å². The maximum atomic E-state index is 13.4. The molecule has 20 heavy (non-hydrogen) atoms. The van der Waals surface area contributed by atoms with Crippen LogP contribution in [0.25, 0.3) is 0 Å². The Morgan fingerprint density at radius 1 is 1.50 bits per heavy atom. The van der Waals surface area contributed by atoms with Gasteiger partial charge >= 0.3 is 0 Å². The maximum Gasteiger partial charge on any atom is 0.224 e. The highest BCUT2D eigenvalue weighted by atomic mass is 19.1. The van der Waals surface area contributed by atoms with Gasteiger partial charge in [0.15, 0.2) is 0 Å². The predicted molar refractivity (Wildman–Crippen MR) is 74.4 cm³/mol. The fraction of sp³-hybridized carbons (Fsp3) is 0.533. The van der Waals surface area contributed by atoms with E-state index in [1.54, 1.807) is 12.1 Å². The zero-order valence-corrected chi connectivity index (χ0v) is 11.4. The molecule has 108 valence electrons. The zero-order chi connectivity index (χ0) is 14.1. The highest BCUT2D eigenvalue weighted by Gasteiger charge is 2.42. The van der Waals surface area contributed by atoms with E-state index in [4.69, 9.17) is 5.73 Å². The Morgan fingerprint density at radius 3 is 3.10 bits per heavy atom. The van der Waals surface area contributed by atoms with Gasteiger partial charge < -0.3 is 11.1 Å². The van der Waals surface area contributed by atoms with Crippen molar-refractivity contribution >= 4 is 5.91 Å². The minimum atomic E-state index is -0.241. The summed E-state index contributed by atoms with van der Waals surface area (Å²) < 4.78 is 13.4. The molecule has 3 rings (SSSR count). The number of hydrogen-bond donors (Lipinski definition) is 2. The van der Waals surface area contributed by atoms with Crippen molar-refractivity contribution in [1.29, 1.82) is 0 Å². The average Bonchev–Trinajstić information content (AvgIpc) is 2.83. The third-order valence-electron chi connectivity index (χ3n) is 4.50. The summed E-state index contributed by atoms with van der Waals surface area (Å²) in [7, 11) is 0. The van der Waals surface area contributed by atoms with Gasteiger partial charge in [0.2, 0.25) is 5.91 Å². The van der Waals surface area contributed by atoms with Crippen LogP contribution in [0, 0.1) is 11.7 Å². The van der Waals surface area contributed by atoms with Crippen molar-refractivity contribution in [2.45, 2.75) is 24.9 Å². The zero-order valence-electron chi connectivity index (χ0n) is 11.4. The van der Waals surface area contributed by atoms with Crippen LogP contribution >= 0.6 is 0 Å². The molecule has 4 nitrogen and oxygen atoms in total. The summed E-state index contributed by atoms with van der Waals surface area (Å²) >= 11 is 0. The Kier molecular flexibility index (Phi) is 3.72. The summed E-state index contributed by atoms with van der Waals surface area (Å²) in [5.41, 5.74) is 6.83. The van der Waals surface area contributed by atoms with Gasteiger partial charge in [0.05, 0.1) is 5.92 Å². The van der Waals surface area contributed by atoms with Gasteiger partial charge in [0.25, 0.3) is 0 Å². The second-order valence-electron chi connectivity index (χ2n) is 5.61. The number of carbonyl (C=O) groups is 1. The first-order valence-electron chi connectivity index (χ1n) is 7.19. The van der Waals surface area contributed by atoms with Crippen LogP contribution < -0.4 is 11.1 Å². The monoisotopic (exact) mass is 277 g/mol. The number of nitrogens with one attached hydrogen (secondary N) is 1. The molecule has 3 atom stereocenters. The molecule has 2 aliphatic heterocycles. The van der Waals surface area contributed by atoms with Crippen LogP contribution in [-0.2, 0) is 4.79 Å². The molecule has 2 aliphatic rings. The smallest absolute Gasteiger partial charge is 0.224 e. The highest BCUT2D eigenvalue weighted by Crippen LogP contribution is 2.33. The van der Waals surface area contributed by atoms with E-state index in [-0.39, 0.29) is 29.7 Å². The molecular formula is C15H20FN3O. The van der Waals surface area contributed by atoms with Crippen molar-refractivity contribution in [2.75, 3.05) is 19.6 Å². The molecule has 0 aromatic heterocycles. The van der Waals surface area contributed by atoms with Crippen LogP contribution in [0.4, 0.5) is 4.39 Å². The summed E-state index contributed by atoms with van der Waals surface area (Å²) in [5, 5.41) is 2.94. The number of nitrogens with zero attached hydrogens (tertiary/aromatic N) is 1. The van der Waals surface area contributed by atoms with E-state index in [0.29, 0.717) is 13.1 Å². The molecule has 2 saturated heterocycles. The molecule has 3 unspecified atom stereocenters. The van der Waals surface area contributed by atoms with Crippen molar-refractivity contribution in [3.8, 4) is 0 Å². The van der Waals surface area contributed by atoms with Gasteiger partial charge in [-0.2, -0.15) is 0 Å². The van der Waals surface area contributed by atoms with Gasteiger partial charge in [0, 0.05) is 25.2 Å². The van der Waals surface area contributed by atoms with Gasteiger partial charge in [-0.1, -0.05) is 12.1 Å². The number of likely N-dealkylation sites (tertiary alicyclic amines) is 1. The number of fused-ring (bicyclic) bond motifs is 1. The van der Waals surface area contributed by atoms with Crippen molar-refractivity contribution in [2.24, 2.45) is 11.7 Å². The number of nitrogens with two attached hydrogens (primary N) is 1. The second kappa shape index (κ2) is 5.50. The molecule has 0 bridgehead atoms. The number of carbonyl (C=O) groups excluding carboxylic acids is 1. The standard InChI is InChI=1S/C15H20FN3O/c16-11-4-1-3-10(7-11)13(8-17)19-6-2-5-12-14(19)9-18-15(12)20/h1,3-4,7,12-14H,2,5-6,8-9,17H2,(H,18,20).